The number of nitrogens with one attached hydrogen (secondary N) is 1. The monoisotopic (exact) mass is 264 g/mol. The van der Waals surface area contributed by atoms with Crippen molar-refractivity contribution < 1.29 is 0 Å². The van der Waals surface area contributed by atoms with Gasteiger partial charge in [0.15, 0.2) is 5.13 Å². The normalized spacial score (nSPS) is 17.4. The highest BCUT2D eigenvalue weighted by Crippen LogP contribution is 2.27. The maximum absolute atomic E-state index is 4.60. The predicted molar refractivity (Wildman–Crippen MR) is 78.2 cm³/mol. The van der Waals surface area contributed by atoms with Crippen LogP contribution in [0.25, 0.3) is 10.2 Å². The lowest BCUT2D eigenvalue weighted by Crippen LogP contribution is -2.18. The molecule has 1 aromatic heterocycles. The van der Waals surface area contributed by atoms with Gasteiger partial charge in [0.25, 0.3) is 0 Å². The number of thioether (sulfide) groups is 1. The van der Waals surface area contributed by atoms with Gasteiger partial charge >= 0.3 is 0 Å². The van der Waals surface area contributed by atoms with Crippen LogP contribution in [0.1, 0.15) is 12.8 Å². The van der Waals surface area contributed by atoms with Crippen molar-refractivity contribution in [2.75, 3.05) is 23.4 Å². The number of hydrogen-bond donors (Lipinski definition) is 1. The summed E-state index contributed by atoms with van der Waals surface area (Å²) in [6, 6.07) is 8.33. The van der Waals surface area contributed by atoms with Crippen molar-refractivity contribution in [1.82, 2.24) is 4.98 Å². The predicted octanol–water partition coefficient (Wildman–Crippen LogP) is 3.85. The lowest BCUT2D eigenvalue weighted by atomic mass is 10.0. The molecule has 0 atom stereocenters. The number of fused-ring (bicyclic) bond motifs is 1. The van der Waals surface area contributed by atoms with Crippen LogP contribution in [-0.4, -0.2) is 23.0 Å². The highest BCUT2D eigenvalue weighted by molar-refractivity contribution is 7.99. The van der Waals surface area contributed by atoms with Gasteiger partial charge in [-0.3, -0.25) is 0 Å². The van der Waals surface area contributed by atoms with Crippen LogP contribution in [0, 0.1) is 5.92 Å². The number of nitrogens with zero attached hydrogens (tertiary/aromatic N) is 1. The lowest BCUT2D eigenvalue weighted by Gasteiger charge is -2.21. The minimum Gasteiger partial charge on any atom is -0.361 e. The molecular weight excluding hydrogens is 248 g/mol. The zero-order chi connectivity index (χ0) is 11.5. The summed E-state index contributed by atoms with van der Waals surface area (Å²) in [5, 5.41) is 4.58. The third-order valence-electron chi connectivity index (χ3n) is 3.18. The highest BCUT2D eigenvalue weighted by Gasteiger charge is 2.13. The van der Waals surface area contributed by atoms with E-state index in [1.54, 1.807) is 11.3 Å². The Balaban J connectivity index is 1.64. The molecule has 4 heteroatoms. The van der Waals surface area contributed by atoms with Crippen molar-refractivity contribution >= 4 is 38.4 Å². The first-order valence-corrected chi connectivity index (χ1v) is 8.06. The second kappa shape index (κ2) is 5.27. The van der Waals surface area contributed by atoms with Crippen molar-refractivity contribution in [2.24, 2.45) is 5.92 Å². The topological polar surface area (TPSA) is 24.9 Å². The fraction of sp³-hybridized carbons (Fsp3) is 0.462. The van der Waals surface area contributed by atoms with E-state index < -0.39 is 0 Å². The average molecular weight is 264 g/mol. The van der Waals surface area contributed by atoms with Gasteiger partial charge in [-0.25, -0.2) is 4.98 Å². The molecule has 2 nitrogen and oxygen atoms in total. The van der Waals surface area contributed by atoms with E-state index in [1.807, 2.05) is 6.07 Å². The van der Waals surface area contributed by atoms with Crippen LogP contribution < -0.4 is 5.32 Å². The third-order valence-corrected chi connectivity index (χ3v) is 5.22. The van der Waals surface area contributed by atoms with E-state index in [0.29, 0.717) is 0 Å². The summed E-state index contributed by atoms with van der Waals surface area (Å²) >= 11 is 3.84. The Hall–Kier alpha value is -0.740. The van der Waals surface area contributed by atoms with E-state index in [9.17, 15) is 0 Å². The summed E-state index contributed by atoms with van der Waals surface area (Å²) < 4.78 is 1.27. The summed E-state index contributed by atoms with van der Waals surface area (Å²) in [4.78, 5) is 4.60. The molecule has 0 spiro atoms. The molecule has 1 aliphatic heterocycles. The maximum Gasteiger partial charge on any atom is 0.183 e. The van der Waals surface area contributed by atoms with Gasteiger partial charge in [0.1, 0.15) is 0 Å². The summed E-state index contributed by atoms with van der Waals surface area (Å²) in [6.45, 7) is 1.08. The molecule has 1 saturated heterocycles. The van der Waals surface area contributed by atoms with Gasteiger partial charge in [0.2, 0.25) is 0 Å². The zero-order valence-corrected chi connectivity index (χ0v) is 11.3. The van der Waals surface area contributed by atoms with Gasteiger partial charge in [-0.15, -0.1) is 0 Å². The van der Waals surface area contributed by atoms with Crippen molar-refractivity contribution in [3.05, 3.63) is 24.3 Å². The maximum atomic E-state index is 4.60. The lowest BCUT2D eigenvalue weighted by molar-refractivity contribution is 0.516. The molecule has 1 aromatic carbocycles. The van der Waals surface area contributed by atoms with Gasteiger partial charge < -0.3 is 5.32 Å². The number of thiazole rings is 1. The van der Waals surface area contributed by atoms with Crippen LogP contribution in [-0.2, 0) is 0 Å². The first kappa shape index (κ1) is 11.4. The van der Waals surface area contributed by atoms with Crippen LogP contribution in [0.3, 0.4) is 0 Å². The molecule has 0 saturated carbocycles. The first-order valence-electron chi connectivity index (χ1n) is 6.09. The van der Waals surface area contributed by atoms with E-state index in [4.69, 9.17) is 0 Å². The molecule has 0 aliphatic carbocycles. The molecular formula is C13H16N2S2. The number of anilines is 1. The molecule has 0 unspecified atom stereocenters. The molecule has 0 bridgehead atoms. The Labute approximate surface area is 110 Å². The molecule has 3 rings (SSSR count). The molecule has 0 amide bonds. The molecule has 90 valence electrons. The summed E-state index contributed by atoms with van der Waals surface area (Å²) in [5.41, 5.74) is 1.11. The SMILES string of the molecule is c1ccc2sc(NCC3CCSCC3)nc2c1. The van der Waals surface area contributed by atoms with Crippen LogP contribution in [0.4, 0.5) is 5.13 Å². The second-order valence-electron chi connectivity index (χ2n) is 4.42. The Kier molecular flexibility index (Phi) is 3.52. The quantitative estimate of drug-likeness (QED) is 0.911. The van der Waals surface area contributed by atoms with E-state index >= 15 is 0 Å². The third kappa shape index (κ3) is 2.75. The van der Waals surface area contributed by atoms with E-state index in [2.05, 4.69) is 40.3 Å². The Bertz CT molecular complexity index is 456. The van der Waals surface area contributed by atoms with Crippen molar-refractivity contribution in [3.63, 3.8) is 0 Å². The molecule has 2 heterocycles. The second-order valence-corrected chi connectivity index (χ2v) is 6.68. The fourth-order valence-corrected chi connectivity index (χ4v) is 4.21. The zero-order valence-electron chi connectivity index (χ0n) is 9.69. The van der Waals surface area contributed by atoms with Crippen LogP contribution in [0.15, 0.2) is 24.3 Å². The number of aromatic nitrogens is 1. The minimum atomic E-state index is 0.836. The van der Waals surface area contributed by atoms with Crippen LogP contribution in [0.5, 0.6) is 0 Å². The molecule has 1 aliphatic rings. The first-order chi connectivity index (χ1) is 8.42. The standard InChI is InChI=1S/C13H16N2S2/c1-2-4-12-11(3-1)15-13(17-12)14-9-10-5-7-16-8-6-10/h1-4,10H,5-9H2,(H,14,15). The smallest absolute Gasteiger partial charge is 0.183 e. The van der Waals surface area contributed by atoms with Crippen LogP contribution in [0.2, 0.25) is 0 Å². The average Bonchev–Trinajstić information content (AvgIpc) is 2.80. The van der Waals surface area contributed by atoms with E-state index in [-0.39, 0.29) is 0 Å². The summed E-state index contributed by atoms with van der Waals surface area (Å²) in [6.07, 6.45) is 2.70. The number of rotatable bonds is 3. The van der Waals surface area contributed by atoms with Gasteiger partial charge in [-0.05, 0) is 42.4 Å². The Morgan fingerprint density at radius 1 is 1.24 bits per heavy atom. The van der Waals surface area contributed by atoms with E-state index in [1.165, 1.54) is 29.0 Å². The highest BCUT2D eigenvalue weighted by atomic mass is 32.2. The minimum absolute atomic E-state index is 0.836. The largest absolute Gasteiger partial charge is 0.361 e. The van der Waals surface area contributed by atoms with Crippen molar-refractivity contribution in [2.45, 2.75) is 12.8 Å². The molecule has 1 N–H and O–H groups in total. The molecule has 0 radical (unpaired) electrons. The number of hydrogen-bond acceptors (Lipinski definition) is 4. The number of benzene rings is 1. The van der Waals surface area contributed by atoms with E-state index in [0.717, 1.165) is 23.1 Å². The number of para-hydroxylation sites is 1. The fourth-order valence-electron chi connectivity index (χ4n) is 2.13. The molecule has 2 aromatic rings. The van der Waals surface area contributed by atoms with Crippen molar-refractivity contribution in [1.29, 1.82) is 0 Å². The van der Waals surface area contributed by atoms with Gasteiger partial charge in [0.05, 0.1) is 10.2 Å². The van der Waals surface area contributed by atoms with Gasteiger partial charge in [0, 0.05) is 6.54 Å². The molecule has 1 fully saturated rings. The Morgan fingerprint density at radius 3 is 2.88 bits per heavy atom. The molecule has 17 heavy (non-hydrogen) atoms. The van der Waals surface area contributed by atoms with Crippen LogP contribution >= 0.6 is 23.1 Å². The van der Waals surface area contributed by atoms with Gasteiger partial charge in [-0.1, -0.05) is 23.5 Å². The summed E-state index contributed by atoms with van der Waals surface area (Å²) in [5.74, 6) is 3.49. The van der Waals surface area contributed by atoms with Crippen molar-refractivity contribution in [3.8, 4) is 0 Å². The Morgan fingerprint density at radius 2 is 2.06 bits per heavy atom. The summed E-state index contributed by atoms with van der Waals surface area (Å²) in [7, 11) is 0. The van der Waals surface area contributed by atoms with Gasteiger partial charge in [-0.2, -0.15) is 11.8 Å².